The number of halogens is 28. The number of aliphatic hydroxyl groups excluding tert-OH is 1. The zero-order valence-electron chi connectivity index (χ0n) is 70.7. The van der Waals surface area contributed by atoms with E-state index in [1.165, 1.54) is 27.7 Å². The molecular formula is C80H141F28NO13. The molecule has 0 radical (unpaired) electrons. The Morgan fingerprint density at radius 2 is 0.746 bits per heavy atom. The summed E-state index contributed by atoms with van der Waals surface area (Å²) in [4.78, 5) is 34.5. The first kappa shape index (κ1) is 138. The number of hydrogen-bond acceptors (Lipinski definition) is 13. The topological polar surface area (TPSA) is 246 Å². The van der Waals surface area contributed by atoms with Crippen molar-refractivity contribution in [3.63, 3.8) is 0 Å². The van der Waals surface area contributed by atoms with E-state index < -0.39 is 166 Å². The normalized spacial score (nSPS) is 23.4. The quantitative estimate of drug-likeness (QED) is 0.0378. The summed E-state index contributed by atoms with van der Waals surface area (Å²) in [6.45, 7) is 26.2. The Labute approximate surface area is 702 Å². The molecule has 2 amide bonds. The van der Waals surface area contributed by atoms with Gasteiger partial charge in [0.1, 0.15) is 6.10 Å². The number of benzene rings is 1. The van der Waals surface area contributed by atoms with E-state index >= 15 is 0 Å². The van der Waals surface area contributed by atoms with Crippen molar-refractivity contribution in [1.82, 2.24) is 4.90 Å². The van der Waals surface area contributed by atoms with Crippen LogP contribution in [0.3, 0.4) is 0 Å². The zero-order valence-corrected chi connectivity index (χ0v) is 70.7. The molecular weight excluding hydrogens is 1710 g/mol. The Morgan fingerprint density at radius 3 is 0.967 bits per heavy atom. The van der Waals surface area contributed by atoms with E-state index in [0.29, 0.717) is 86.4 Å². The average Bonchev–Trinajstić information content (AvgIpc) is 1.48. The number of alkyl halides is 28. The molecule has 2 aliphatic carbocycles. The van der Waals surface area contributed by atoms with Crippen molar-refractivity contribution in [2.45, 2.75) is 384 Å². The second-order valence-electron chi connectivity index (χ2n) is 31.0. The lowest BCUT2D eigenvalue weighted by Crippen LogP contribution is -2.59. The molecule has 1 aromatic carbocycles. The number of imide groups is 1. The predicted molar refractivity (Wildman–Crippen MR) is 411 cm³/mol. The molecule has 740 valence electrons. The first-order valence-corrected chi connectivity index (χ1v) is 37.6. The number of carbonyl (C=O) groups is 3. The number of amides is 2. The largest absolute Gasteiger partial charge is 0.462 e. The molecule has 17 unspecified atom stereocenters. The number of likely N-dealkylation sites (tertiary alicyclic amines) is 1. The van der Waals surface area contributed by atoms with E-state index in [0.717, 1.165) is 39.3 Å². The van der Waals surface area contributed by atoms with Crippen LogP contribution in [0.25, 0.3) is 0 Å². The minimum Gasteiger partial charge on any atom is -0.462 e. The molecule has 14 nitrogen and oxygen atoms in total. The predicted octanol–water partition coefficient (Wildman–Crippen LogP) is 24.0. The van der Waals surface area contributed by atoms with E-state index in [2.05, 4.69) is 0 Å². The molecule has 3 fully saturated rings. The van der Waals surface area contributed by atoms with Gasteiger partial charge in [-0.2, -0.15) is 105 Å². The maximum Gasteiger partial charge on any atom is 0.436 e. The lowest BCUT2D eigenvalue weighted by Gasteiger charge is -2.48. The average molecular weight is 1860 g/mol. The van der Waals surface area contributed by atoms with E-state index in [-0.39, 0.29) is 127 Å². The lowest BCUT2D eigenvalue weighted by molar-refractivity contribution is -0.298. The van der Waals surface area contributed by atoms with Gasteiger partial charge in [0, 0.05) is 11.8 Å². The highest BCUT2D eigenvalue weighted by Gasteiger charge is 2.64. The fraction of sp³-hybridized carbons (Fsp3) is 0.887. The molecule has 0 bridgehead atoms. The first-order chi connectivity index (χ1) is 52.3. The van der Waals surface area contributed by atoms with Crippen LogP contribution in [-0.4, -0.2) is 185 Å². The molecule has 42 heteroatoms. The summed E-state index contributed by atoms with van der Waals surface area (Å²) in [7, 11) is 0.500. The van der Waals surface area contributed by atoms with Gasteiger partial charge in [0.25, 0.3) is 0 Å². The van der Waals surface area contributed by atoms with Crippen molar-refractivity contribution in [1.29, 1.82) is 0 Å². The summed E-state index contributed by atoms with van der Waals surface area (Å²) in [6.07, 6.45) is -35.8. The van der Waals surface area contributed by atoms with E-state index in [9.17, 15) is 168 Å². The first-order valence-electron chi connectivity index (χ1n) is 37.6. The SMILES string of the molecule is C.C.C.C.CC1C(=O)N(C(C)(O)C(F)(F)F)C(=O)C1C.CCC(C)(O)C(F)(F)F.CCC(C)C(=O)OC1CCC(C(C)(O)C(F)(F)F)CC1.CCC(C)C1CC(C(C)(O)C(F)(F)F)CC(C(C)(O)C(F)(F)F)C1.CCC(C)CC(C)(O)C(F)(F)F.CCC(C)O.CCC(C)c1cc(C(C)(O)C(F)(F)F)cc(C(C)(O)C(F)(F)F)c1.CCF.CF.FCF. The number of ether oxygens (including phenoxy) is 1. The van der Waals surface area contributed by atoms with Crippen molar-refractivity contribution in [3.05, 3.63) is 34.9 Å². The van der Waals surface area contributed by atoms with Gasteiger partial charge in [0.15, 0.2) is 39.2 Å². The lowest BCUT2D eigenvalue weighted by atomic mass is 9.62. The summed E-state index contributed by atoms with van der Waals surface area (Å²) in [6, 6.07) is 2.60. The maximum absolute atomic E-state index is 13.2. The molecule has 1 aromatic rings. The molecule has 2 saturated carbocycles. The molecule has 1 heterocycles. The van der Waals surface area contributed by atoms with Crippen molar-refractivity contribution in [2.75, 3.05) is 20.8 Å². The molecule has 17 atom stereocenters. The van der Waals surface area contributed by atoms with Crippen LogP contribution < -0.4 is 0 Å². The van der Waals surface area contributed by atoms with Gasteiger partial charge < -0.3 is 50.7 Å². The zero-order chi connectivity index (χ0) is 96.1. The molecule has 1 aliphatic heterocycles. The fourth-order valence-electron chi connectivity index (χ4n) is 10.7. The van der Waals surface area contributed by atoms with Gasteiger partial charge in [-0.15, -0.1) is 0 Å². The highest BCUT2D eigenvalue weighted by atomic mass is 19.4. The second-order valence-corrected chi connectivity index (χ2v) is 31.0. The van der Waals surface area contributed by atoms with Gasteiger partial charge in [-0.25, -0.2) is 13.7 Å². The Hall–Kier alpha value is -4.49. The van der Waals surface area contributed by atoms with Gasteiger partial charge in [0.2, 0.25) is 24.5 Å². The van der Waals surface area contributed by atoms with Crippen LogP contribution >= 0.6 is 0 Å². The van der Waals surface area contributed by atoms with Crippen molar-refractivity contribution < 1.29 is 188 Å². The third-order valence-electron chi connectivity index (χ3n) is 21.5. The van der Waals surface area contributed by atoms with Crippen LogP contribution in [0.2, 0.25) is 0 Å². The highest BCUT2D eigenvalue weighted by Crippen LogP contribution is 2.54. The van der Waals surface area contributed by atoms with Crippen LogP contribution in [0.1, 0.15) is 295 Å². The second kappa shape index (κ2) is 54.7. The molecule has 122 heavy (non-hydrogen) atoms. The van der Waals surface area contributed by atoms with Crippen molar-refractivity contribution in [2.24, 2.45) is 53.3 Å². The monoisotopic (exact) mass is 1860 g/mol. The van der Waals surface area contributed by atoms with E-state index in [1.807, 2.05) is 20.8 Å². The summed E-state index contributed by atoms with van der Waals surface area (Å²) >= 11 is 0. The Balaban J connectivity index is -0.000000152. The minimum absolute atomic E-state index is 0. The highest BCUT2D eigenvalue weighted by molar-refractivity contribution is 6.05. The van der Waals surface area contributed by atoms with Gasteiger partial charge in [0.05, 0.1) is 25.9 Å². The van der Waals surface area contributed by atoms with Crippen LogP contribution in [0, 0.1) is 53.3 Å². The Morgan fingerprint density at radius 1 is 0.443 bits per heavy atom. The van der Waals surface area contributed by atoms with Gasteiger partial charge >= 0.3 is 55.4 Å². The molecule has 0 aromatic heterocycles. The van der Waals surface area contributed by atoms with Crippen LogP contribution in [0.5, 0.6) is 0 Å². The van der Waals surface area contributed by atoms with Gasteiger partial charge in [-0.3, -0.25) is 23.2 Å². The number of hydrogen-bond donors (Lipinski definition) is 9. The van der Waals surface area contributed by atoms with Gasteiger partial charge in [-0.1, -0.05) is 138 Å². The summed E-state index contributed by atoms with van der Waals surface area (Å²) in [5, 5.41) is 84.4. The Kier molecular flexibility index (Phi) is 61.9. The molecule has 3 aliphatic rings. The number of carbonyl (C=O) groups excluding carboxylic acids is 3. The summed E-state index contributed by atoms with van der Waals surface area (Å²) in [5.74, 6) is -8.75. The van der Waals surface area contributed by atoms with Crippen LogP contribution in [0.15, 0.2) is 18.2 Å². The third-order valence-corrected chi connectivity index (χ3v) is 21.5. The number of nitrogens with zero attached hydrogens (tertiary/aromatic N) is 1. The third kappa shape index (κ3) is 41.3. The fourth-order valence-corrected chi connectivity index (χ4v) is 10.7. The number of aliphatic hydroxyl groups is 9. The number of esters is 1. The summed E-state index contributed by atoms with van der Waals surface area (Å²) in [5.41, 5.74) is -25.3. The van der Waals surface area contributed by atoms with Gasteiger partial charge in [-0.05, 0) is 210 Å². The molecule has 0 spiro atoms. The standard InChI is InChI=1S/C16H26F6O2.C16H20F6O2.C14H23F3O3.C9H12F3NO3.C8H15F3O.C5H9F3O.C4H10O.C2H5F.CH2F2.CH3F.4CH4/c2*1-5-9(2)10-6-11(13(3,23)15(17,18)19)8-12(7-10)14(4,24)16(20,21)22;1-4-9(2)12(18)20-11-7-5-10(6-8-11)13(3,19)14(15,16)17;1-4-5(2)7(15)13(6(4)14)8(3,16)9(10,11)12;1-4-6(2)5-7(3,12)8(9,10)11;1-3-4(2,9)5(6,7)8;1-3-4(2)5;1-2-3;2-1-3;1-2;;;;/h9-12,23-24H,5-8H2,1-4H3;6-9,23-24H,5H2,1-4H3;9-11,19H,4-8H2,1-3H3;4-5,16H,1-3H3;6,12H,4-5H2,1-3H3;9H,3H2,1-2H3;4-5H,3H2,1-2H3;2H2,1H3;1H2;1H3;4*1H4. The van der Waals surface area contributed by atoms with Crippen molar-refractivity contribution >= 4 is 17.8 Å². The molecule has 4 rings (SSSR count). The smallest absolute Gasteiger partial charge is 0.436 e. The Bertz CT molecular complexity index is 2870. The molecule has 1 saturated heterocycles. The summed E-state index contributed by atoms with van der Waals surface area (Å²) < 4.78 is 348. The van der Waals surface area contributed by atoms with Crippen molar-refractivity contribution in [3.8, 4) is 0 Å². The van der Waals surface area contributed by atoms with Crippen LogP contribution in [-0.2, 0) is 30.3 Å². The number of rotatable bonds is 18. The maximum atomic E-state index is 13.2. The molecule has 9 N–H and O–H groups in total. The van der Waals surface area contributed by atoms with Crippen LogP contribution in [0.4, 0.5) is 123 Å². The van der Waals surface area contributed by atoms with E-state index in [1.54, 1.807) is 48.5 Å². The minimum atomic E-state index is -5.08. The van der Waals surface area contributed by atoms with E-state index in [4.69, 9.17) is 20.1 Å².